The van der Waals surface area contributed by atoms with Crippen LogP contribution in [-0.2, 0) is 21.7 Å². The summed E-state index contributed by atoms with van der Waals surface area (Å²) in [5, 5.41) is 18.4. The van der Waals surface area contributed by atoms with E-state index in [1.165, 1.54) is 4.57 Å². The van der Waals surface area contributed by atoms with E-state index in [1.54, 1.807) is 60.4 Å². The van der Waals surface area contributed by atoms with E-state index < -0.39 is 23.9 Å². The van der Waals surface area contributed by atoms with E-state index in [9.17, 15) is 19.5 Å². The largest absolute Gasteiger partial charge is 0.381 e. The summed E-state index contributed by atoms with van der Waals surface area (Å²) >= 11 is 0. The van der Waals surface area contributed by atoms with Crippen molar-refractivity contribution in [1.82, 2.24) is 20.2 Å². The molecule has 3 aliphatic heterocycles. The lowest BCUT2D eigenvalue weighted by Crippen LogP contribution is -2.53. The van der Waals surface area contributed by atoms with Crippen LogP contribution in [0.4, 0.5) is 5.69 Å². The van der Waals surface area contributed by atoms with Gasteiger partial charge in [0.1, 0.15) is 23.6 Å². The number of benzene rings is 2. The average Bonchev–Trinajstić information content (AvgIpc) is 3.22. The van der Waals surface area contributed by atoms with E-state index in [1.807, 2.05) is 0 Å². The molecule has 162 valence electrons. The summed E-state index contributed by atoms with van der Waals surface area (Å²) in [4.78, 5) is 45.3. The Balaban J connectivity index is 1.51. The van der Waals surface area contributed by atoms with E-state index in [4.69, 9.17) is 0 Å². The Hall–Kier alpha value is -3.56. The van der Waals surface area contributed by atoms with Gasteiger partial charge in [-0.15, -0.1) is 0 Å². The number of nitrogens with one attached hydrogen (secondary N) is 2. The second-order valence-corrected chi connectivity index (χ2v) is 8.60. The predicted molar refractivity (Wildman–Crippen MR) is 116 cm³/mol. The molecule has 3 N–H and O–H groups in total. The Morgan fingerprint density at radius 2 is 1.88 bits per heavy atom. The van der Waals surface area contributed by atoms with Crippen molar-refractivity contribution in [1.29, 1.82) is 0 Å². The van der Waals surface area contributed by atoms with E-state index in [0.29, 0.717) is 28.0 Å². The standard InChI is InChI=1S/C23H21N5O4/c1-12-20(30)28-16-9-5-3-7-14(16)23(32,22(28)25-12)10-17-19(29)24-11-18-26-15-8-4-2-6-13(15)21(31)27(17)18/h2-9,12,17,22,25,32H,10-11H2,1H3,(H,24,29)/t12-,17-,22-,23+/m0/s1. The highest BCUT2D eigenvalue weighted by molar-refractivity contribution is 6.02. The van der Waals surface area contributed by atoms with E-state index >= 15 is 0 Å². The van der Waals surface area contributed by atoms with Gasteiger partial charge in [-0.05, 0) is 25.1 Å². The summed E-state index contributed by atoms with van der Waals surface area (Å²) in [6.45, 7) is 1.88. The molecule has 9 nitrogen and oxygen atoms in total. The van der Waals surface area contributed by atoms with Crippen molar-refractivity contribution in [2.45, 2.75) is 43.7 Å². The maximum Gasteiger partial charge on any atom is 0.262 e. The summed E-state index contributed by atoms with van der Waals surface area (Å²) in [5.74, 6) is -0.0658. The molecule has 1 saturated heterocycles. The first-order valence-electron chi connectivity index (χ1n) is 10.6. The number of nitrogens with zero attached hydrogens (tertiary/aromatic N) is 3. The number of rotatable bonds is 2. The highest BCUT2D eigenvalue weighted by Crippen LogP contribution is 2.49. The smallest absolute Gasteiger partial charge is 0.262 e. The minimum absolute atomic E-state index is 0.0864. The minimum atomic E-state index is -1.57. The predicted octanol–water partition coefficient (Wildman–Crippen LogP) is 0.510. The van der Waals surface area contributed by atoms with Crippen LogP contribution in [0.2, 0.25) is 0 Å². The SMILES string of the molecule is C[C@@H]1N[C@H]2N(C1=O)c1ccccc1[C@]2(O)C[C@H]1C(=O)NCc2nc3ccccc3c(=O)n21. The molecular weight excluding hydrogens is 410 g/mol. The Bertz CT molecular complexity index is 1370. The number of aromatic nitrogens is 2. The van der Waals surface area contributed by atoms with E-state index in [0.717, 1.165) is 0 Å². The summed E-state index contributed by atoms with van der Waals surface area (Å²) in [6.07, 6.45) is -0.818. The lowest BCUT2D eigenvalue weighted by molar-refractivity contribution is -0.128. The monoisotopic (exact) mass is 431 g/mol. The molecule has 6 rings (SSSR count). The number of hydrogen-bond donors (Lipinski definition) is 3. The third-order valence-corrected chi connectivity index (χ3v) is 6.78. The molecule has 4 atom stereocenters. The zero-order valence-electron chi connectivity index (χ0n) is 17.3. The van der Waals surface area contributed by atoms with Crippen LogP contribution in [0.15, 0.2) is 53.3 Å². The Kier molecular flexibility index (Phi) is 3.87. The molecule has 0 spiro atoms. The van der Waals surface area contributed by atoms with Crippen molar-refractivity contribution in [3.8, 4) is 0 Å². The number of para-hydroxylation sites is 2. The molecule has 0 unspecified atom stereocenters. The van der Waals surface area contributed by atoms with Gasteiger partial charge < -0.3 is 10.4 Å². The van der Waals surface area contributed by atoms with Gasteiger partial charge in [0.15, 0.2) is 0 Å². The van der Waals surface area contributed by atoms with Crippen LogP contribution in [0, 0.1) is 0 Å². The van der Waals surface area contributed by atoms with Crippen LogP contribution in [0.3, 0.4) is 0 Å². The molecule has 3 aromatic rings. The fourth-order valence-corrected chi connectivity index (χ4v) is 5.26. The number of aliphatic hydroxyl groups is 1. The molecule has 1 fully saturated rings. The molecular formula is C23H21N5O4. The highest BCUT2D eigenvalue weighted by Gasteiger charge is 2.58. The fourth-order valence-electron chi connectivity index (χ4n) is 5.26. The van der Waals surface area contributed by atoms with Gasteiger partial charge in [0, 0.05) is 12.0 Å². The molecule has 1 aromatic heterocycles. The van der Waals surface area contributed by atoms with Gasteiger partial charge in [0.2, 0.25) is 11.8 Å². The molecule has 0 saturated carbocycles. The fraction of sp³-hybridized carbons (Fsp3) is 0.304. The second kappa shape index (κ2) is 6.47. The number of carbonyl (C=O) groups is 2. The second-order valence-electron chi connectivity index (χ2n) is 8.60. The van der Waals surface area contributed by atoms with E-state index in [-0.39, 0.29) is 30.3 Å². The van der Waals surface area contributed by atoms with Gasteiger partial charge >= 0.3 is 0 Å². The molecule has 0 bridgehead atoms. The first-order valence-corrected chi connectivity index (χ1v) is 10.6. The topological polar surface area (TPSA) is 117 Å². The molecule has 4 heterocycles. The Morgan fingerprint density at radius 1 is 1.12 bits per heavy atom. The summed E-state index contributed by atoms with van der Waals surface area (Å²) in [7, 11) is 0. The highest BCUT2D eigenvalue weighted by atomic mass is 16.3. The van der Waals surface area contributed by atoms with Gasteiger partial charge in [-0.3, -0.25) is 29.2 Å². The minimum Gasteiger partial charge on any atom is -0.381 e. The van der Waals surface area contributed by atoms with Crippen LogP contribution in [0.25, 0.3) is 10.9 Å². The maximum absolute atomic E-state index is 13.4. The Labute approximate surface area is 182 Å². The number of fused-ring (bicyclic) bond motifs is 5. The van der Waals surface area contributed by atoms with Gasteiger partial charge in [-0.25, -0.2) is 4.98 Å². The van der Waals surface area contributed by atoms with Gasteiger partial charge in [-0.2, -0.15) is 0 Å². The van der Waals surface area contributed by atoms with Gasteiger partial charge in [0.25, 0.3) is 5.56 Å². The third kappa shape index (κ3) is 2.40. The van der Waals surface area contributed by atoms with Crippen molar-refractivity contribution in [3.05, 3.63) is 70.3 Å². The first-order chi connectivity index (χ1) is 15.4. The summed E-state index contributed by atoms with van der Waals surface area (Å²) < 4.78 is 1.39. The molecule has 32 heavy (non-hydrogen) atoms. The van der Waals surface area contributed by atoms with Crippen LogP contribution in [-0.4, -0.2) is 38.7 Å². The average molecular weight is 431 g/mol. The Morgan fingerprint density at radius 3 is 2.72 bits per heavy atom. The lowest BCUT2D eigenvalue weighted by atomic mass is 9.85. The van der Waals surface area contributed by atoms with Gasteiger partial charge in [-0.1, -0.05) is 30.3 Å². The lowest BCUT2D eigenvalue weighted by Gasteiger charge is -2.36. The van der Waals surface area contributed by atoms with Crippen molar-refractivity contribution in [2.24, 2.45) is 0 Å². The molecule has 9 heteroatoms. The normalized spacial score (nSPS) is 28.4. The molecule has 3 aliphatic rings. The molecule has 2 amide bonds. The quantitative estimate of drug-likeness (QED) is 0.545. The molecule has 2 aromatic carbocycles. The van der Waals surface area contributed by atoms with E-state index in [2.05, 4.69) is 15.6 Å². The molecule has 0 aliphatic carbocycles. The van der Waals surface area contributed by atoms with Crippen LogP contribution >= 0.6 is 0 Å². The number of hydrogen-bond acceptors (Lipinski definition) is 6. The number of anilines is 1. The summed E-state index contributed by atoms with van der Waals surface area (Å²) in [5.41, 5.74) is -0.159. The third-order valence-electron chi connectivity index (χ3n) is 6.78. The maximum atomic E-state index is 13.4. The first kappa shape index (κ1) is 19.1. The van der Waals surface area contributed by atoms with Crippen molar-refractivity contribution < 1.29 is 14.7 Å². The van der Waals surface area contributed by atoms with Crippen molar-refractivity contribution in [3.63, 3.8) is 0 Å². The number of carbonyl (C=O) groups excluding carboxylic acids is 2. The van der Waals surface area contributed by atoms with Crippen LogP contribution < -0.4 is 21.1 Å². The van der Waals surface area contributed by atoms with Crippen molar-refractivity contribution in [2.75, 3.05) is 4.90 Å². The zero-order valence-corrected chi connectivity index (χ0v) is 17.3. The zero-order chi connectivity index (χ0) is 22.2. The summed E-state index contributed by atoms with van der Waals surface area (Å²) in [6, 6.07) is 12.7. The van der Waals surface area contributed by atoms with Crippen molar-refractivity contribution >= 4 is 28.4 Å². The molecule has 0 radical (unpaired) electrons. The van der Waals surface area contributed by atoms with Gasteiger partial charge in [0.05, 0.1) is 29.2 Å². The number of amides is 2. The van der Waals surface area contributed by atoms with Crippen LogP contribution in [0.5, 0.6) is 0 Å². The van der Waals surface area contributed by atoms with Crippen LogP contribution in [0.1, 0.15) is 30.8 Å².